The third-order valence-corrected chi connectivity index (χ3v) is 12.3. The second-order valence-corrected chi connectivity index (χ2v) is 14.9. The number of para-hydroxylation sites is 5. The predicted octanol–water partition coefficient (Wildman–Crippen LogP) is 12.7. The molecule has 0 unspecified atom stereocenters. The van der Waals surface area contributed by atoms with Crippen molar-refractivity contribution in [2.24, 2.45) is 0 Å². The zero-order valence-corrected chi connectivity index (χ0v) is 29.3. The highest BCUT2D eigenvalue weighted by Gasteiger charge is 2.26. The van der Waals surface area contributed by atoms with Gasteiger partial charge in [0.15, 0.2) is 11.3 Å². The molecule has 0 spiro atoms. The van der Waals surface area contributed by atoms with Crippen molar-refractivity contribution in [3.8, 4) is 16.8 Å². The Balaban J connectivity index is 1.16. The van der Waals surface area contributed by atoms with E-state index in [1.54, 1.807) is 0 Å². The van der Waals surface area contributed by atoms with Gasteiger partial charge in [0.05, 0.1) is 33.1 Å². The van der Waals surface area contributed by atoms with Crippen LogP contribution in [0.4, 0.5) is 0 Å². The highest BCUT2D eigenvalue weighted by molar-refractivity contribution is 6.31. The summed E-state index contributed by atoms with van der Waals surface area (Å²) in [7, 11) is 0. The molecule has 5 nitrogen and oxygen atoms in total. The molecular weight excluding hydrogens is 671 g/mol. The van der Waals surface area contributed by atoms with Crippen LogP contribution in [0.5, 0.6) is 0 Å². The normalized spacial score (nSPS) is 12.7. The smallest absolute Gasteiger partial charge is 0.165 e. The SMILES string of the molecule is c1ccc(-n2c3ccccc3c3cc(-c4cc5ccccc5c5c6cccc7c8nc9c(nc8n(c45)c76)c4cccc5c6ccccc6n9c54)ccc32)cc1. The molecule has 6 heterocycles. The van der Waals surface area contributed by atoms with Gasteiger partial charge in [-0.2, -0.15) is 0 Å². The monoisotopic (exact) mass is 697 g/mol. The first-order chi connectivity index (χ1) is 27.3. The standard InChI is InChI=1S/C50H27N5/c1-2-13-30(14-3-1)53-40-22-8-7-17-33(40)39-27-29(24-25-42(39)53)38-26-28-12-4-5-15-31(28)43-35-19-11-21-37-45-50(55(47(35)37)48(38)43)52-44-36-20-10-18-34-32-16-6-9-23-41(32)54(46(34)36)49(44)51-45/h1-27H. The van der Waals surface area contributed by atoms with Gasteiger partial charge in [-0.25, -0.2) is 9.97 Å². The van der Waals surface area contributed by atoms with Crippen molar-refractivity contribution in [3.63, 3.8) is 0 Å². The molecule has 5 heteroatoms. The fourth-order valence-corrected chi connectivity index (χ4v) is 10.1. The van der Waals surface area contributed by atoms with E-state index in [1.165, 1.54) is 81.8 Å². The van der Waals surface area contributed by atoms with Gasteiger partial charge in [-0.15, -0.1) is 0 Å². The lowest BCUT2D eigenvalue weighted by molar-refractivity contribution is 1.18. The molecule has 0 saturated heterocycles. The molecule has 0 atom stereocenters. The minimum Gasteiger partial charge on any atom is -0.309 e. The van der Waals surface area contributed by atoms with Crippen LogP contribution < -0.4 is 0 Å². The lowest BCUT2D eigenvalue weighted by atomic mass is 9.95. The minimum atomic E-state index is 0.894. The number of fused-ring (bicyclic) bond motifs is 17. The van der Waals surface area contributed by atoms with Crippen molar-refractivity contribution in [3.05, 3.63) is 164 Å². The van der Waals surface area contributed by atoms with Crippen molar-refractivity contribution < 1.29 is 0 Å². The number of nitrogens with zero attached hydrogens (tertiary/aromatic N) is 5. The number of aromatic nitrogens is 5. The molecule has 6 aromatic heterocycles. The van der Waals surface area contributed by atoms with Crippen LogP contribution in [0.3, 0.4) is 0 Å². The maximum atomic E-state index is 5.63. The van der Waals surface area contributed by atoms with Crippen molar-refractivity contribution in [2.75, 3.05) is 0 Å². The number of hydrogen-bond donors (Lipinski definition) is 0. The summed E-state index contributed by atoms with van der Waals surface area (Å²) in [5.41, 5.74) is 14.3. The molecule has 0 bridgehead atoms. The fourth-order valence-electron chi connectivity index (χ4n) is 10.1. The van der Waals surface area contributed by atoms with E-state index in [0.717, 1.165) is 44.3 Å². The van der Waals surface area contributed by atoms with E-state index in [1.807, 2.05) is 0 Å². The molecule has 0 aliphatic heterocycles. The summed E-state index contributed by atoms with van der Waals surface area (Å²) in [5.74, 6) is 0. The van der Waals surface area contributed by atoms with Crippen molar-refractivity contribution in [2.45, 2.75) is 0 Å². The number of benzene rings is 8. The Morgan fingerprint density at radius 2 is 0.945 bits per heavy atom. The first-order valence-corrected chi connectivity index (χ1v) is 18.9. The summed E-state index contributed by atoms with van der Waals surface area (Å²) < 4.78 is 7.14. The molecule has 252 valence electrons. The Kier molecular flexibility index (Phi) is 4.96. The van der Waals surface area contributed by atoms with Gasteiger partial charge in [0.2, 0.25) is 0 Å². The first-order valence-electron chi connectivity index (χ1n) is 18.9. The molecule has 14 rings (SSSR count). The molecule has 0 saturated carbocycles. The molecule has 0 amide bonds. The maximum absolute atomic E-state index is 5.63. The third kappa shape index (κ3) is 3.32. The van der Waals surface area contributed by atoms with Gasteiger partial charge in [0.25, 0.3) is 0 Å². The summed E-state index contributed by atoms with van der Waals surface area (Å²) in [6.07, 6.45) is 0. The highest BCUT2D eigenvalue weighted by atomic mass is 15.1. The molecule has 0 radical (unpaired) electrons. The zero-order valence-electron chi connectivity index (χ0n) is 29.3. The summed E-state index contributed by atoms with van der Waals surface area (Å²) in [4.78, 5) is 11.2. The fraction of sp³-hybridized carbons (Fsp3) is 0. The average Bonchev–Trinajstić information content (AvgIpc) is 4.03. The van der Waals surface area contributed by atoms with Crippen molar-refractivity contribution in [1.29, 1.82) is 0 Å². The van der Waals surface area contributed by atoms with E-state index in [0.29, 0.717) is 0 Å². The molecule has 55 heavy (non-hydrogen) atoms. The highest BCUT2D eigenvalue weighted by Crippen LogP contribution is 2.47. The number of hydrogen-bond acceptors (Lipinski definition) is 2. The Morgan fingerprint density at radius 3 is 1.75 bits per heavy atom. The quantitative estimate of drug-likeness (QED) is 0.180. The second kappa shape index (κ2) is 9.72. The van der Waals surface area contributed by atoms with Crippen molar-refractivity contribution >= 4 is 109 Å². The minimum absolute atomic E-state index is 0.894. The third-order valence-electron chi connectivity index (χ3n) is 12.3. The van der Waals surface area contributed by atoms with Crippen LogP contribution in [0.25, 0.3) is 126 Å². The largest absolute Gasteiger partial charge is 0.309 e. The summed E-state index contributed by atoms with van der Waals surface area (Å²) in [6.45, 7) is 0. The van der Waals surface area contributed by atoms with Gasteiger partial charge in [-0.1, -0.05) is 121 Å². The Bertz CT molecular complexity index is 3940. The van der Waals surface area contributed by atoms with Crippen molar-refractivity contribution in [1.82, 2.24) is 23.3 Å². The van der Waals surface area contributed by atoms with Gasteiger partial charge in [-0.05, 0) is 58.8 Å². The summed E-state index contributed by atoms with van der Waals surface area (Å²) >= 11 is 0. The van der Waals surface area contributed by atoms with Crippen LogP contribution in [0, 0.1) is 0 Å². The molecule has 0 aliphatic carbocycles. The van der Waals surface area contributed by atoms with Gasteiger partial charge in [-0.3, -0.25) is 8.80 Å². The number of rotatable bonds is 2. The summed E-state index contributed by atoms with van der Waals surface area (Å²) in [5, 5.41) is 12.2. The molecular formula is C50H27N5. The van der Waals surface area contributed by atoms with Gasteiger partial charge >= 0.3 is 0 Å². The van der Waals surface area contributed by atoms with Crippen LogP contribution in [0.1, 0.15) is 0 Å². The van der Waals surface area contributed by atoms with Crippen LogP contribution in [-0.2, 0) is 0 Å². The Hall–Kier alpha value is -7.50. The van der Waals surface area contributed by atoms with Gasteiger partial charge in [0, 0.05) is 54.3 Å². The van der Waals surface area contributed by atoms with E-state index in [4.69, 9.17) is 9.97 Å². The van der Waals surface area contributed by atoms with E-state index in [9.17, 15) is 0 Å². The molecule has 0 N–H and O–H groups in total. The molecule has 8 aromatic carbocycles. The molecule has 0 fully saturated rings. The Morgan fingerprint density at radius 1 is 0.364 bits per heavy atom. The first kappa shape index (κ1) is 28.1. The van der Waals surface area contributed by atoms with Gasteiger partial charge < -0.3 is 4.57 Å². The second-order valence-electron chi connectivity index (χ2n) is 14.9. The van der Waals surface area contributed by atoms with Crippen LogP contribution in [-0.4, -0.2) is 23.3 Å². The van der Waals surface area contributed by atoms with E-state index in [2.05, 4.69) is 177 Å². The Labute approximate surface area is 312 Å². The topological polar surface area (TPSA) is 39.5 Å². The van der Waals surface area contributed by atoms with Crippen LogP contribution >= 0.6 is 0 Å². The predicted molar refractivity (Wildman–Crippen MR) is 229 cm³/mol. The van der Waals surface area contributed by atoms with Gasteiger partial charge in [0.1, 0.15) is 11.0 Å². The molecule has 0 aliphatic rings. The lowest BCUT2D eigenvalue weighted by Gasteiger charge is -2.11. The average molecular weight is 698 g/mol. The van der Waals surface area contributed by atoms with Crippen LogP contribution in [0.15, 0.2) is 164 Å². The van der Waals surface area contributed by atoms with E-state index < -0.39 is 0 Å². The van der Waals surface area contributed by atoms with E-state index >= 15 is 0 Å². The molecule has 14 aromatic rings. The maximum Gasteiger partial charge on any atom is 0.165 e. The van der Waals surface area contributed by atoms with Crippen LogP contribution in [0.2, 0.25) is 0 Å². The zero-order chi connectivity index (χ0) is 35.5. The van der Waals surface area contributed by atoms with E-state index in [-0.39, 0.29) is 0 Å². The lowest BCUT2D eigenvalue weighted by Crippen LogP contribution is -1.93. The summed E-state index contributed by atoms with van der Waals surface area (Å²) in [6, 6.07) is 59.6.